The summed E-state index contributed by atoms with van der Waals surface area (Å²) in [6.45, 7) is 2.82. The van der Waals surface area contributed by atoms with Crippen LogP contribution in [0.5, 0.6) is 0 Å². The van der Waals surface area contributed by atoms with Crippen LogP contribution < -0.4 is 5.32 Å². The predicted molar refractivity (Wildman–Crippen MR) is 96.9 cm³/mol. The Kier molecular flexibility index (Phi) is 5.77. The Bertz CT molecular complexity index is 618. The molecule has 0 unspecified atom stereocenters. The molecule has 1 aromatic carbocycles. The SMILES string of the molecule is COC1(C(=O)N2CCC(C(=O)c3ccc(Cl)cc3)CC2)CCNCC1. The molecule has 0 bridgehead atoms. The maximum atomic E-state index is 13.0. The summed E-state index contributed by atoms with van der Waals surface area (Å²) in [4.78, 5) is 27.5. The zero-order valence-corrected chi connectivity index (χ0v) is 15.3. The number of nitrogens with zero attached hydrogens (tertiary/aromatic N) is 1. The molecular formula is C19H25ClN2O3. The van der Waals surface area contributed by atoms with E-state index >= 15 is 0 Å². The van der Waals surface area contributed by atoms with Gasteiger partial charge in [-0.05, 0) is 63.0 Å². The first-order valence-electron chi connectivity index (χ1n) is 8.91. The summed E-state index contributed by atoms with van der Waals surface area (Å²) in [5.74, 6) is 0.192. The molecule has 5 nitrogen and oxygen atoms in total. The summed E-state index contributed by atoms with van der Waals surface area (Å²) in [5.41, 5.74) is -0.000885. The Hall–Kier alpha value is -1.43. The van der Waals surface area contributed by atoms with Gasteiger partial charge in [0.25, 0.3) is 5.91 Å². The molecule has 2 aliphatic heterocycles. The summed E-state index contributed by atoms with van der Waals surface area (Å²) < 4.78 is 5.64. The molecule has 0 aromatic heterocycles. The molecule has 2 saturated heterocycles. The summed E-state index contributed by atoms with van der Waals surface area (Å²) in [6, 6.07) is 7.04. The number of carbonyl (C=O) groups is 2. The van der Waals surface area contributed by atoms with Gasteiger partial charge in [-0.1, -0.05) is 11.6 Å². The molecule has 1 aromatic rings. The largest absolute Gasteiger partial charge is 0.368 e. The number of benzene rings is 1. The van der Waals surface area contributed by atoms with E-state index in [4.69, 9.17) is 16.3 Å². The molecule has 2 heterocycles. The van der Waals surface area contributed by atoms with E-state index in [0.29, 0.717) is 49.4 Å². The van der Waals surface area contributed by atoms with Crippen LogP contribution in [0.4, 0.5) is 0 Å². The minimum atomic E-state index is -0.696. The van der Waals surface area contributed by atoms with Crippen LogP contribution in [0, 0.1) is 5.92 Å². The second kappa shape index (κ2) is 7.85. The lowest BCUT2D eigenvalue weighted by molar-refractivity contribution is -0.159. The first-order chi connectivity index (χ1) is 12.1. The highest BCUT2D eigenvalue weighted by Gasteiger charge is 2.43. The minimum Gasteiger partial charge on any atom is -0.368 e. The third-order valence-electron chi connectivity index (χ3n) is 5.47. The Morgan fingerprint density at radius 1 is 1.16 bits per heavy atom. The second-order valence-electron chi connectivity index (χ2n) is 6.89. The highest BCUT2D eigenvalue weighted by molar-refractivity contribution is 6.30. The van der Waals surface area contributed by atoms with E-state index in [0.717, 1.165) is 13.1 Å². The van der Waals surface area contributed by atoms with Crippen LogP contribution in [0.25, 0.3) is 0 Å². The zero-order valence-electron chi connectivity index (χ0n) is 14.6. The average molecular weight is 365 g/mol. The molecule has 25 heavy (non-hydrogen) atoms. The lowest BCUT2D eigenvalue weighted by atomic mass is 9.86. The Morgan fingerprint density at radius 2 is 1.76 bits per heavy atom. The van der Waals surface area contributed by atoms with E-state index in [1.54, 1.807) is 31.4 Å². The van der Waals surface area contributed by atoms with Crippen molar-refractivity contribution in [3.8, 4) is 0 Å². The third-order valence-corrected chi connectivity index (χ3v) is 5.73. The van der Waals surface area contributed by atoms with E-state index in [-0.39, 0.29) is 17.6 Å². The van der Waals surface area contributed by atoms with Gasteiger partial charge in [0.15, 0.2) is 5.78 Å². The molecule has 0 radical (unpaired) electrons. The van der Waals surface area contributed by atoms with Crippen LogP contribution in [0.1, 0.15) is 36.0 Å². The predicted octanol–water partition coefficient (Wildman–Crippen LogP) is 2.53. The number of ether oxygens (including phenoxy) is 1. The quantitative estimate of drug-likeness (QED) is 0.834. The van der Waals surface area contributed by atoms with Gasteiger partial charge in [-0.2, -0.15) is 0 Å². The fourth-order valence-electron chi connectivity index (χ4n) is 3.82. The number of amides is 1. The van der Waals surface area contributed by atoms with Gasteiger partial charge in [-0.15, -0.1) is 0 Å². The van der Waals surface area contributed by atoms with Crippen LogP contribution >= 0.6 is 11.6 Å². The highest BCUT2D eigenvalue weighted by atomic mass is 35.5. The highest BCUT2D eigenvalue weighted by Crippen LogP contribution is 2.29. The van der Waals surface area contributed by atoms with Crippen molar-refractivity contribution in [1.82, 2.24) is 10.2 Å². The minimum absolute atomic E-state index is 0.0308. The van der Waals surface area contributed by atoms with Crippen molar-refractivity contribution in [3.63, 3.8) is 0 Å². The summed E-state index contributed by atoms with van der Waals surface area (Å²) in [6.07, 6.45) is 2.80. The summed E-state index contributed by atoms with van der Waals surface area (Å²) in [5, 5.41) is 3.90. The lowest BCUT2D eigenvalue weighted by Gasteiger charge is -2.41. The van der Waals surface area contributed by atoms with Crippen LogP contribution in [0.2, 0.25) is 5.02 Å². The van der Waals surface area contributed by atoms with Gasteiger partial charge >= 0.3 is 0 Å². The third kappa shape index (κ3) is 3.89. The van der Waals surface area contributed by atoms with Gasteiger partial charge in [0.1, 0.15) is 5.60 Å². The van der Waals surface area contributed by atoms with Crippen molar-refractivity contribution in [2.75, 3.05) is 33.3 Å². The first kappa shape index (κ1) is 18.4. The Morgan fingerprint density at radius 3 is 2.32 bits per heavy atom. The Labute approximate surface area is 153 Å². The van der Waals surface area contributed by atoms with Crippen molar-refractivity contribution >= 4 is 23.3 Å². The van der Waals surface area contributed by atoms with Crippen LogP contribution in [0.15, 0.2) is 24.3 Å². The van der Waals surface area contributed by atoms with Gasteiger partial charge in [0.2, 0.25) is 0 Å². The molecule has 2 aliphatic rings. The van der Waals surface area contributed by atoms with E-state index in [9.17, 15) is 9.59 Å². The Balaban J connectivity index is 1.60. The van der Waals surface area contributed by atoms with Crippen LogP contribution in [0.3, 0.4) is 0 Å². The number of piperidine rings is 2. The molecular weight excluding hydrogens is 340 g/mol. The molecule has 136 valence electrons. The van der Waals surface area contributed by atoms with Crippen molar-refractivity contribution < 1.29 is 14.3 Å². The number of methoxy groups -OCH3 is 1. The molecule has 6 heteroatoms. The number of hydrogen-bond acceptors (Lipinski definition) is 4. The number of rotatable bonds is 4. The van der Waals surface area contributed by atoms with Gasteiger partial charge < -0.3 is 15.0 Å². The molecule has 0 aliphatic carbocycles. The molecule has 0 saturated carbocycles. The number of hydrogen-bond donors (Lipinski definition) is 1. The lowest BCUT2D eigenvalue weighted by Crippen LogP contribution is -2.56. The monoisotopic (exact) mass is 364 g/mol. The first-order valence-corrected chi connectivity index (χ1v) is 9.28. The fraction of sp³-hybridized carbons (Fsp3) is 0.579. The van der Waals surface area contributed by atoms with Gasteiger partial charge in [0.05, 0.1) is 0 Å². The summed E-state index contributed by atoms with van der Waals surface area (Å²) in [7, 11) is 1.63. The number of likely N-dealkylation sites (tertiary alicyclic amines) is 1. The smallest absolute Gasteiger partial charge is 0.254 e. The van der Waals surface area contributed by atoms with Crippen molar-refractivity contribution in [3.05, 3.63) is 34.9 Å². The molecule has 0 spiro atoms. The molecule has 3 rings (SSSR count). The van der Waals surface area contributed by atoms with Gasteiger partial charge in [-0.25, -0.2) is 0 Å². The standard InChI is InChI=1S/C19H25ClN2O3/c1-25-19(8-10-21-11-9-19)18(24)22-12-6-15(7-13-22)17(23)14-2-4-16(20)5-3-14/h2-5,15,21H,6-13H2,1H3. The normalized spacial score (nSPS) is 21.1. The van der Waals surface area contributed by atoms with E-state index in [2.05, 4.69) is 5.32 Å². The maximum absolute atomic E-state index is 13.0. The maximum Gasteiger partial charge on any atom is 0.254 e. The molecule has 0 atom stereocenters. The molecule has 1 N–H and O–H groups in total. The van der Waals surface area contributed by atoms with E-state index in [1.165, 1.54) is 0 Å². The van der Waals surface area contributed by atoms with E-state index < -0.39 is 5.60 Å². The summed E-state index contributed by atoms with van der Waals surface area (Å²) >= 11 is 5.88. The number of halogens is 1. The fourth-order valence-corrected chi connectivity index (χ4v) is 3.94. The zero-order chi connectivity index (χ0) is 17.9. The molecule has 2 fully saturated rings. The number of Topliss-reactive ketones (excluding diaryl/α,β-unsaturated/α-hetero) is 1. The van der Waals surface area contributed by atoms with Crippen molar-refractivity contribution in [1.29, 1.82) is 0 Å². The number of carbonyl (C=O) groups excluding carboxylic acids is 2. The van der Waals surface area contributed by atoms with Crippen molar-refractivity contribution in [2.45, 2.75) is 31.3 Å². The van der Waals surface area contributed by atoms with Gasteiger partial charge in [-0.3, -0.25) is 9.59 Å². The topological polar surface area (TPSA) is 58.6 Å². The molecule has 1 amide bonds. The second-order valence-corrected chi connectivity index (χ2v) is 7.32. The number of nitrogens with one attached hydrogen (secondary N) is 1. The number of ketones is 1. The van der Waals surface area contributed by atoms with E-state index in [1.807, 2.05) is 4.90 Å². The van der Waals surface area contributed by atoms with Crippen LogP contribution in [-0.4, -0.2) is 55.5 Å². The van der Waals surface area contributed by atoms with Gasteiger partial charge in [0, 0.05) is 36.7 Å². The average Bonchev–Trinajstić information content (AvgIpc) is 2.68. The van der Waals surface area contributed by atoms with Crippen molar-refractivity contribution in [2.24, 2.45) is 5.92 Å². The van der Waals surface area contributed by atoms with Crippen LogP contribution in [-0.2, 0) is 9.53 Å².